The molecule has 1 aromatic carbocycles. The van der Waals surface area contributed by atoms with Crippen molar-refractivity contribution in [1.29, 1.82) is 0 Å². The Kier molecular flexibility index (Phi) is 3.47. The summed E-state index contributed by atoms with van der Waals surface area (Å²) in [5, 5.41) is 11.7. The third-order valence-electron chi connectivity index (χ3n) is 4.65. The first-order chi connectivity index (χ1) is 9.61. The minimum absolute atomic E-state index is 0.0145. The summed E-state index contributed by atoms with van der Waals surface area (Å²) in [6.45, 7) is 0. The van der Waals surface area contributed by atoms with Crippen LogP contribution in [0.3, 0.4) is 0 Å². The lowest BCUT2D eigenvalue weighted by Crippen LogP contribution is -2.27. The number of carboxylic acid groups (broad SMARTS) is 1. The van der Waals surface area contributed by atoms with Gasteiger partial charge in [-0.15, -0.1) is 0 Å². The molecule has 2 bridgehead atoms. The molecule has 1 amide bonds. The number of hydrogen-bond acceptors (Lipinski definition) is 2. The van der Waals surface area contributed by atoms with E-state index >= 15 is 0 Å². The molecule has 4 nitrogen and oxygen atoms in total. The molecule has 3 unspecified atom stereocenters. The van der Waals surface area contributed by atoms with Gasteiger partial charge in [0.05, 0.1) is 6.42 Å². The molecule has 4 heteroatoms. The van der Waals surface area contributed by atoms with Gasteiger partial charge in [0.15, 0.2) is 0 Å². The number of carbonyl (C=O) groups is 2. The molecule has 0 spiro atoms. The predicted molar refractivity (Wildman–Crippen MR) is 75.3 cm³/mol. The van der Waals surface area contributed by atoms with E-state index in [-0.39, 0.29) is 18.2 Å². The van der Waals surface area contributed by atoms with Crippen LogP contribution in [-0.4, -0.2) is 17.0 Å². The van der Waals surface area contributed by atoms with Crippen molar-refractivity contribution >= 4 is 17.6 Å². The highest BCUT2D eigenvalue weighted by Gasteiger charge is 2.42. The molecule has 1 aromatic rings. The molecule has 0 aliphatic heterocycles. The van der Waals surface area contributed by atoms with Crippen LogP contribution in [0.15, 0.2) is 24.3 Å². The standard InChI is InChI=1S/C16H19NO3/c18-15(19)9-10-2-5-13(6-3-10)17-16(20)14-8-11-1-4-12(14)7-11/h2-3,5-6,11-12,14H,1,4,7-9H2,(H,17,20)(H,18,19). The van der Waals surface area contributed by atoms with Crippen molar-refractivity contribution in [2.24, 2.45) is 17.8 Å². The maximum atomic E-state index is 12.3. The molecule has 0 radical (unpaired) electrons. The van der Waals surface area contributed by atoms with Gasteiger partial charge in [-0.1, -0.05) is 18.6 Å². The number of fused-ring (bicyclic) bond motifs is 2. The summed E-state index contributed by atoms with van der Waals surface area (Å²) in [6, 6.07) is 7.07. The van der Waals surface area contributed by atoms with Crippen LogP contribution in [0.5, 0.6) is 0 Å². The summed E-state index contributed by atoms with van der Waals surface area (Å²) >= 11 is 0. The van der Waals surface area contributed by atoms with E-state index in [1.807, 2.05) is 0 Å². The van der Waals surface area contributed by atoms with E-state index in [1.165, 1.54) is 19.3 Å². The first-order valence-corrected chi connectivity index (χ1v) is 7.23. The lowest BCUT2D eigenvalue weighted by molar-refractivity contribution is -0.136. The lowest BCUT2D eigenvalue weighted by atomic mass is 9.88. The largest absolute Gasteiger partial charge is 0.481 e. The van der Waals surface area contributed by atoms with E-state index in [2.05, 4.69) is 5.32 Å². The Morgan fingerprint density at radius 3 is 2.45 bits per heavy atom. The highest BCUT2D eigenvalue weighted by molar-refractivity contribution is 5.93. The zero-order valence-electron chi connectivity index (χ0n) is 11.3. The van der Waals surface area contributed by atoms with Gasteiger partial charge in [-0.05, 0) is 48.8 Å². The number of nitrogens with one attached hydrogen (secondary N) is 1. The average molecular weight is 273 g/mol. The number of rotatable bonds is 4. The number of anilines is 1. The second kappa shape index (κ2) is 5.27. The predicted octanol–water partition coefficient (Wildman–Crippen LogP) is 2.69. The van der Waals surface area contributed by atoms with Crippen LogP contribution in [0, 0.1) is 17.8 Å². The molecule has 2 aliphatic carbocycles. The number of carboxylic acids is 1. The number of benzene rings is 1. The fourth-order valence-electron chi connectivity index (χ4n) is 3.68. The second-order valence-electron chi connectivity index (χ2n) is 6.04. The molecule has 106 valence electrons. The van der Waals surface area contributed by atoms with E-state index in [1.54, 1.807) is 24.3 Å². The van der Waals surface area contributed by atoms with Crippen LogP contribution in [-0.2, 0) is 16.0 Å². The number of carbonyl (C=O) groups excluding carboxylic acids is 1. The Hall–Kier alpha value is -1.84. The second-order valence-corrected chi connectivity index (χ2v) is 6.04. The molecule has 2 aliphatic rings. The quantitative estimate of drug-likeness (QED) is 0.886. The zero-order chi connectivity index (χ0) is 14.1. The van der Waals surface area contributed by atoms with Crippen molar-refractivity contribution in [2.75, 3.05) is 5.32 Å². The van der Waals surface area contributed by atoms with E-state index < -0.39 is 5.97 Å². The molecule has 3 atom stereocenters. The summed E-state index contributed by atoms with van der Waals surface area (Å²) < 4.78 is 0. The van der Waals surface area contributed by atoms with Crippen molar-refractivity contribution < 1.29 is 14.7 Å². The molecule has 0 aromatic heterocycles. The van der Waals surface area contributed by atoms with E-state index in [0.717, 1.165) is 23.6 Å². The van der Waals surface area contributed by atoms with Crippen molar-refractivity contribution in [1.82, 2.24) is 0 Å². The van der Waals surface area contributed by atoms with Crippen molar-refractivity contribution in [3.63, 3.8) is 0 Å². The topological polar surface area (TPSA) is 66.4 Å². The highest BCUT2D eigenvalue weighted by atomic mass is 16.4. The maximum Gasteiger partial charge on any atom is 0.307 e. The maximum absolute atomic E-state index is 12.3. The van der Waals surface area contributed by atoms with Crippen molar-refractivity contribution in [3.8, 4) is 0 Å². The van der Waals surface area contributed by atoms with Crippen LogP contribution in [0.1, 0.15) is 31.2 Å². The number of amides is 1. The normalized spacial score (nSPS) is 27.5. The third kappa shape index (κ3) is 2.69. The van der Waals surface area contributed by atoms with Crippen LogP contribution in [0.4, 0.5) is 5.69 Å². The van der Waals surface area contributed by atoms with Gasteiger partial charge < -0.3 is 10.4 Å². The molecule has 20 heavy (non-hydrogen) atoms. The molecular formula is C16H19NO3. The van der Waals surface area contributed by atoms with Crippen molar-refractivity contribution in [3.05, 3.63) is 29.8 Å². The molecule has 0 heterocycles. The SMILES string of the molecule is O=C(O)Cc1ccc(NC(=O)C2CC3CCC2C3)cc1. The van der Waals surface area contributed by atoms with Gasteiger partial charge in [0.1, 0.15) is 0 Å². The van der Waals surface area contributed by atoms with E-state index in [4.69, 9.17) is 5.11 Å². The molecule has 2 N–H and O–H groups in total. The van der Waals surface area contributed by atoms with E-state index in [9.17, 15) is 9.59 Å². The Morgan fingerprint density at radius 1 is 1.15 bits per heavy atom. The monoisotopic (exact) mass is 273 g/mol. The van der Waals surface area contributed by atoms with Gasteiger partial charge in [0.25, 0.3) is 0 Å². The Labute approximate surface area is 118 Å². The summed E-state index contributed by atoms with van der Waals surface area (Å²) in [4.78, 5) is 22.9. The fourth-order valence-corrected chi connectivity index (χ4v) is 3.68. The van der Waals surface area contributed by atoms with Gasteiger partial charge in [-0.3, -0.25) is 9.59 Å². The van der Waals surface area contributed by atoms with Gasteiger partial charge >= 0.3 is 5.97 Å². The minimum Gasteiger partial charge on any atom is -0.481 e. The van der Waals surface area contributed by atoms with E-state index in [0.29, 0.717) is 5.92 Å². The first kappa shape index (κ1) is 13.2. The number of hydrogen-bond donors (Lipinski definition) is 2. The summed E-state index contributed by atoms with van der Waals surface area (Å²) in [7, 11) is 0. The molecule has 3 rings (SSSR count). The fraction of sp³-hybridized carbons (Fsp3) is 0.500. The Morgan fingerprint density at radius 2 is 1.90 bits per heavy atom. The first-order valence-electron chi connectivity index (χ1n) is 7.23. The zero-order valence-corrected chi connectivity index (χ0v) is 11.3. The summed E-state index contributed by atoms with van der Waals surface area (Å²) in [6.07, 6.45) is 4.75. The highest BCUT2D eigenvalue weighted by Crippen LogP contribution is 2.48. The van der Waals surface area contributed by atoms with Gasteiger partial charge in [0, 0.05) is 11.6 Å². The minimum atomic E-state index is -0.844. The van der Waals surface area contributed by atoms with Gasteiger partial charge in [-0.2, -0.15) is 0 Å². The van der Waals surface area contributed by atoms with Crippen LogP contribution >= 0.6 is 0 Å². The Balaban J connectivity index is 1.60. The summed E-state index contributed by atoms with van der Waals surface area (Å²) in [5.41, 5.74) is 1.50. The van der Waals surface area contributed by atoms with Crippen molar-refractivity contribution in [2.45, 2.75) is 32.1 Å². The van der Waals surface area contributed by atoms with Gasteiger partial charge in [-0.25, -0.2) is 0 Å². The average Bonchev–Trinajstić information content (AvgIpc) is 3.03. The van der Waals surface area contributed by atoms with Crippen LogP contribution < -0.4 is 5.32 Å². The molecule has 2 fully saturated rings. The number of aliphatic carboxylic acids is 1. The third-order valence-corrected chi connectivity index (χ3v) is 4.65. The van der Waals surface area contributed by atoms with Crippen LogP contribution in [0.2, 0.25) is 0 Å². The molecular weight excluding hydrogens is 254 g/mol. The smallest absolute Gasteiger partial charge is 0.307 e. The molecule has 0 saturated heterocycles. The molecule has 2 saturated carbocycles. The van der Waals surface area contributed by atoms with Crippen LogP contribution in [0.25, 0.3) is 0 Å². The summed E-state index contributed by atoms with van der Waals surface area (Å²) in [5.74, 6) is 0.791. The lowest BCUT2D eigenvalue weighted by Gasteiger charge is -2.20. The Bertz CT molecular complexity index is 523. The van der Waals surface area contributed by atoms with Gasteiger partial charge in [0.2, 0.25) is 5.91 Å².